The van der Waals surface area contributed by atoms with Crippen LogP contribution in [0.15, 0.2) is 12.1 Å². The highest BCUT2D eigenvalue weighted by molar-refractivity contribution is 6.28. The van der Waals surface area contributed by atoms with Crippen molar-refractivity contribution < 1.29 is 19.0 Å². The van der Waals surface area contributed by atoms with Gasteiger partial charge in [-0.1, -0.05) is 0 Å². The van der Waals surface area contributed by atoms with E-state index in [0.717, 1.165) is 11.8 Å². The zero-order valence-corrected chi connectivity index (χ0v) is 17.5. The summed E-state index contributed by atoms with van der Waals surface area (Å²) in [5.41, 5.74) is 0.122. The van der Waals surface area contributed by atoms with Gasteiger partial charge in [0.1, 0.15) is 11.4 Å². The Morgan fingerprint density at radius 3 is 2.54 bits per heavy atom. The molecule has 2 aromatic rings. The quantitative estimate of drug-likeness (QED) is 0.771. The Balaban J connectivity index is 1.82. The lowest BCUT2D eigenvalue weighted by molar-refractivity contribution is 0.0293. The summed E-state index contributed by atoms with van der Waals surface area (Å²) >= 11 is 6.11. The number of carbonyl (C=O) groups is 1. The van der Waals surface area contributed by atoms with Gasteiger partial charge in [0.15, 0.2) is 11.5 Å². The Bertz CT molecular complexity index is 884. The van der Waals surface area contributed by atoms with Crippen LogP contribution in [0.1, 0.15) is 27.2 Å². The van der Waals surface area contributed by atoms with E-state index in [1.807, 2.05) is 26.8 Å². The van der Waals surface area contributed by atoms with E-state index < -0.39 is 5.60 Å². The van der Waals surface area contributed by atoms with Gasteiger partial charge >= 0.3 is 6.09 Å². The van der Waals surface area contributed by atoms with E-state index in [-0.39, 0.29) is 17.4 Å². The standard InChI is InChI=1S/C19H25ClN4O4/c1-19(2,3)28-18(25)24-7-6-11(10-24)21-16-12-8-14(26-4)15(27-5)9-13(12)22-17(20)23-16/h8-9,11H,6-7,10H2,1-5H3,(H,21,22,23)/t11-/m0/s1. The Kier molecular flexibility index (Phi) is 5.69. The minimum atomic E-state index is -0.519. The first-order valence-corrected chi connectivity index (χ1v) is 9.41. The van der Waals surface area contributed by atoms with Crippen molar-refractivity contribution >= 4 is 34.4 Å². The van der Waals surface area contributed by atoms with Crippen LogP contribution in [0.25, 0.3) is 10.9 Å². The van der Waals surface area contributed by atoms with Crippen molar-refractivity contribution in [2.75, 3.05) is 32.6 Å². The van der Waals surface area contributed by atoms with Gasteiger partial charge in [0.2, 0.25) is 5.28 Å². The number of amides is 1. The predicted molar refractivity (Wildman–Crippen MR) is 107 cm³/mol. The second-order valence-corrected chi connectivity index (χ2v) is 7.96. The van der Waals surface area contributed by atoms with Gasteiger partial charge in [0.05, 0.1) is 19.7 Å². The maximum Gasteiger partial charge on any atom is 0.410 e. The lowest BCUT2D eigenvalue weighted by Crippen LogP contribution is -2.36. The number of anilines is 1. The maximum atomic E-state index is 12.3. The van der Waals surface area contributed by atoms with Crippen molar-refractivity contribution in [1.82, 2.24) is 14.9 Å². The molecular formula is C19H25ClN4O4. The number of hydrogen-bond acceptors (Lipinski definition) is 7. The van der Waals surface area contributed by atoms with Crippen LogP contribution in [-0.2, 0) is 4.74 Å². The number of likely N-dealkylation sites (tertiary alicyclic amines) is 1. The number of fused-ring (bicyclic) bond motifs is 1. The molecule has 1 fully saturated rings. The number of benzene rings is 1. The molecule has 1 saturated heterocycles. The number of hydrogen-bond donors (Lipinski definition) is 1. The Morgan fingerprint density at radius 2 is 1.89 bits per heavy atom. The number of halogens is 1. The lowest BCUT2D eigenvalue weighted by Gasteiger charge is -2.24. The molecule has 0 bridgehead atoms. The zero-order chi connectivity index (χ0) is 20.5. The molecule has 1 aromatic heterocycles. The van der Waals surface area contributed by atoms with Crippen LogP contribution in [0.4, 0.5) is 10.6 Å². The lowest BCUT2D eigenvalue weighted by atomic mass is 10.2. The first kappa shape index (κ1) is 20.3. The third-order valence-electron chi connectivity index (χ3n) is 4.35. The molecule has 1 aliphatic heterocycles. The van der Waals surface area contributed by atoms with Gasteiger partial charge < -0.3 is 24.4 Å². The average molecular weight is 409 g/mol. The Labute approximate surface area is 169 Å². The van der Waals surface area contributed by atoms with Crippen molar-refractivity contribution in [1.29, 1.82) is 0 Å². The first-order valence-electron chi connectivity index (χ1n) is 9.04. The number of rotatable bonds is 4. The highest BCUT2D eigenvalue weighted by atomic mass is 35.5. The molecule has 8 nitrogen and oxygen atoms in total. The molecule has 0 saturated carbocycles. The zero-order valence-electron chi connectivity index (χ0n) is 16.7. The fourth-order valence-corrected chi connectivity index (χ4v) is 3.28. The van der Waals surface area contributed by atoms with Crippen LogP contribution < -0.4 is 14.8 Å². The molecule has 1 atom stereocenters. The second kappa shape index (κ2) is 7.87. The summed E-state index contributed by atoms with van der Waals surface area (Å²) < 4.78 is 16.2. The van der Waals surface area contributed by atoms with Crippen molar-refractivity contribution in [3.8, 4) is 11.5 Å². The summed E-state index contributed by atoms with van der Waals surface area (Å²) in [6, 6.07) is 3.59. The van der Waals surface area contributed by atoms with Crippen molar-refractivity contribution in [3.05, 3.63) is 17.4 Å². The summed E-state index contributed by atoms with van der Waals surface area (Å²) in [5, 5.41) is 4.27. The van der Waals surface area contributed by atoms with Crippen molar-refractivity contribution in [3.63, 3.8) is 0 Å². The Hall–Kier alpha value is -2.48. The molecule has 1 amide bonds. The van der Waals surface area contributed by atoms with Crippen LogP contribution >= 0.6 is 11.6 Å². The molecule has 2 heterocycles. The third kappa shape index (κ3) is 4.49. The van der Waals surface area contributed by atoms with E-state index in [4.69, 9.17) is 25.8 Å². The Morgan fingerprint density at radius 1 is 1.21 bits per heavy atom. The van der Waals surface area contributed by atoms with Gasteiger partial charge in [-0.2, -0.15) is 0 Å². The van der Waals surface area contributed by atoms with E-state index in [1.165, 1.54) is 0 Å². The van der Waals surface area contributed by atoms with Crippen LogP contribution in [0, 0.1) is 0 Å². The topological polar surface area (TPSA) is 85.8 Å². The molecule has 0 radical (unpaired) electrons. The highest BCUT2D eigenvalue weighted by Crippen LogP contribution is 2.35. The molecule has 0 unspecified atom stereocenters. The van der Waals surface area contributed by atoms with Crippen molar-refractivity contribution in [2.45, 2.75) is 38.8 Å². The SMILES string of the molecule is COc1cc2nc(Cl)nc(N[C@H]3CCN(C(=O)OC(C)(C)C)C3)c2cc1OC. The van der Waals surface area contributed by atoms with Gasteiger partial charge in [-0.05, 0) is 44.9 Å². The fourth-order valence-electron chi connectivity index (χ4n) is 3.10. The van der Waals surface area contributed by atoms with Crippen LogP contribution in [0.5, 0.6) is 11.5 Å². The van der Waals surface area contributed by atoms with Gasteiger partial charge in [-0.25, -0.2) is 14.8 Å². The van der Waals surface area contributed by atoms with E-state index in [0.29, 0.717) is 35.9 Å². The third-order valence-corrected chi connectivity index (χ3v) is 4.52. The molecular weight excluding hydrogens is 384 g/mol. The van der Waals surface area contributed by atoms with Crippen LogP contribution in [0.2, 0.25) is 5.28 Å². The van der Waals surface area contributed by atoms with Crippen LogP contribution in [-0.4, -0.2) is 59.9 Å². The van der Waals surface area contributed by atoms with E-state index in [2.05, 4.69) is 15.3 Å². The largest absolute Gasteiger partial charge is 0.493 e. The predicted octanol–water partition coefficient (Wildman–Crippen LogP) is 3.72. The van der Waals surface area contributed by atoms with Gasteiger partial charge in [-0.15, -0.1) is 0 Å². The highest BCUT2D eigenvalue weighted by Gasteiger charge is 2.30. The number of carbonyl (C=O) groups excluding carboxylic acids is 1. The summed E-state index contributed by atoms with van der Waals surface area (Å²) in [5.74, 6) is 1.73. The number of aromatic nitrogens is 2. The minimum absolute atomic E-state index is 0.0229. The molecule has 0 spiro atoms. The molecule has 1 aromatic carbocycles. The molecule has 9 heteroatoms. The fraction of sp³-hybridized carbons (Fsp3) is 0.526. The van der Waals surface area contributed by atoms with E-state index in [1.54, 1.807) is 25.2 Å². The number of ether oxygens (including phenoxy) is 3. The molecule has 1 aliphatic rings. The summed E-state index contributed by atoms with van der Waals surface area (Å²) in [6.45, 7) is 6.69. The molecule has 28 heavy (non-hydrogen) atoms. The monoisotopic (exact) mass is 408 g/mol. The smallest absolute Gasteiger partial charge is 0.410 e. The maximum absolute atomic E-state index is 12.3. The molecule has 152 valence electrons. The number of nitrogens with one attached hydrogen (secondary N) is 1. The molecule has 0 aliphatic carbocycles. The average Bonchev–Trinajstić information content (AvgIpc) is 3.07. The molecule has 3 rings (SSSR count). The first-order chi connectivity index (χ1) is 13.2. The number of nitrogens with zero attached hydrogens (tertiary/aromatic N) is 3. The van der Waals surface area contributed by atoms with E-state index >= 15 is 0 Å². The van der Waals surface area contributed by atoms with Gasteiger partial charge in [0, 0.05) is 30.6 Å². The van der Waals surface area contributed by atoms with Crippen LogP contribution in [0.3, 0.4) is 0 Å². The molecule has 1 N–H and O–H groups in total. The summed E-state index contributed by atoms with van der Waals surface area (Å²) in [7, 11) is 3.14. The van der Waals surface area contributed by atoms with Gasteiger partial charge in [-0.3, -0.25) is 0 Å². The summed E-state index contributed by atoms with van der Waals surface area (Å²) in [6.07, 6.45) is 0.462. The second-order valence-electron chi connectivity index (χ2n) is 7.62. The van der Waals surface area contributed by atoms with Gasteiger partial charge in [0.25, 0.3) is 0 Å². The van der Waals surface area contributed by atoms with E-state index in [9.17, 15) is 4.79 Å². The summed E-state index contributed by atoms with van der Waals surface area (Å²) in [4.78, 5) is 22.6. The normalized spacial score (nSPS) is 16.9. The number of methoxy groups -OCH3 is 2. The minimum Gasteiger partial charge on any atom is -0.493 e. The van der Waals surface area contributed by atoms with Crippen molar-refractivity contribution in [2.24, 2.45) is 0 Å².